The van der Waals surface area contributed by atoms with E-state index in [2.05, 4.69) is 25.5 Å². The van der Waals surface area contributed by atoms with Gasteiger partial charge in [0.05, 0.1) is 29.4 Å². The van der Waals surface area contributed by atoms with Crippen LogP contribution in [0.4, 0.5) is 16.3 Å². The third-order valence-corrected chi connectivity index (χ3v) is 7.11. The number of nitrogens with one attached hydrogen (secondary N) is 2. The summed E-state index contributed by atoms with van der Waals surface area (Å²) < 4.78 is 11.6. The molecule has 33 heavy (non-hydrogen) atoms. The summed E-state index contributed by atoms with van der Waals surface area (Å²) in [5.74, 6) is 1.49. The topological polar surface area (TPSA) is 105 Å². The average Bonchev–Trinajstić information content (AvgIpc) is 3.42. The van der Waals surface area contributed by atoms with Gasteiger partial charge in [0.2, 0.25) is 0 Å². The summed E-state index contributed by atoms with van der Waals surface area (Å²) in [5, 5.41) is 12.6. The average molecular weight is 467 g/mol. The summed E-state index contributed by atoms with van der Waals surface area (Å²) in [7, 11) is 1.75. The van der Waals surface area contributed by atoms with E-state index in [0.717, 1.165) is 51.2 Å². The number of rotatable bonds is 6. The van der Waals surface area contributed by atoms with Crippen LogP contribution in [0.3, 0.4) is 0 Å². The quantitative estimate of drug-likeness (QED) is 0.426. The minimum Gasteiger partial charge on any atom is -0.492 e. The number of H-pyrrole nitrogens is 1. The molecule has 0 bridgehead atoms. The predicted molar refractivity (Wildman–Crippen MR) is 129 cm³/mol. The lowest BCUT2D eigenvalue weighted by molar-refractivity contribution is 0.0644. The highest BCUT2D eigenvalue weighted by Gasteiger charge is 2.28. The number of amides is 1. The molecule has 0 fully saturated rings. The van der Waals surface area contributed by atoms with Crippen LogP contribution in [0.1, 0.15) is 30.7 Å². The lowest BCUT2D eigenvalue weighted by atomic mass is 9.94. The van der Waals surface area contributed by atoms with Gasteiger partial charge in [-0.15, -0.1) is 11.3 Å². The van der Waals surface area contributed by atoms with Crippen LogP contribution in [0.25, 0.3) is 21.1 Å². The Balaban J connectivity index is 1.46. The highest BCUT2D eigenvalue weighted by molar-refractivity contribution is 7.19. The third kappa shape index (κ3) is 4.06. The molecule has 0 saturated heterocycles. The van der Waals surface area contributed by atoms with Crippen molar-refractivity contribution >= 4 is 50.1 Å². The first-order chi connectivity index (χ1) is 16.1. The number of aryl methyl sites for hydroxylation is 1. The maximum atomic E-state index is 12.2. The standard InChI is InChI=1S/C23H26N6O3S/c1-4-29(3)23(30)32-14-6-7-15-19(9-14)33-22-20(15)21(24-12-25-22)27-17-8-13-11-26-28-16(13)10-18(17)31-5-2/h8,10-12,14H,4-7,9H2,1-3H3,(H,26,28)(H,24,25,27). The number of carbonyl (C=O) groups is 1. The number of ether oxygens (including phenoxy) is 2. The normalized spacial score (nSPS) is 15.4. The zero-order valence-electron chi connectivity index (χ0n) is 18.8. The first kappa shape index (κ1) is 21.4. The number of carbonyl (C=O) groups excluding carboxylic acids is 1. The molecule has 3 aromatic heterocycles. The van der Waals surface area contributed by atoms with Crippen LogP contribution in [0.5, 0.6) is 5.75 Å². The van der Waals surface area contributed by atoms with Crippen molar-refractivity contribution in [1.82, 2.24) is 25.1 Å². The fourth-order valence-corrected chi connectivity index (χ4v) is 5.36. The zero-order valence-corrected chi connectivity index (χ0v) is 19.7. The smallest absolute Gasteiger partial charge is 0.409 e. The molecule has 1 aliphatic rings. The molecule has 4 aromatic rings. The lowest BCUT2D eigenvalue weighted by Gasteiger charge is -2.25. The molecular weight excluding hydrogens is 440 g/mol. The number of thiophene rings is 1. The van der Waals surface area contributed by atoms with E-state index < -0.39 is 0 Å². The van der Waals surface area contributed by atoms with Gasteiger partial charge in [-0.1, -0.05) is 0 Å². The molecule has 0 aliphatic heterocycles. The van der Waals surface area contributed by atoms with Crippen molar-refractivity contribution in [3.8, 4) is 5.75 Å². The van der Waals surface area contributed by atoms with Crippen molar-refractivity contribution in [3.63, 3.8) is 0 Å². The molecule has 1 aliphatic carbocycles. The molecule has 1 atom stereocenters. The molecule has 172 valence electrons. The predicted octanol–water partition coefficient (Wildman–Crippen LogP) is 4.66. The van der Waals surface area contributed by atoms with E-state index in [0.29, 0.717) is 19.6 Å². The van der Waals surface area contributed by atoms with Crippen molar-refractivity contribution in [2.24, 2.45) is 0 Å². The van der Waals surface area contributed by atoms with E-state index in [1.807, 2.05) is 26.0 Å². The molecule has 2 N–H and O–H groups in total. The molecule has 0 spiro atoms. The molecule has 10 heteroatoms. The van der Waals surface area contributed by atoms with Crippen LogP contribution in [0.2, 0.25) is 0 Å². The second kappa shape index (κ2) is 8.86. The molecule has 1 amide bonds. The summed E-state index contributed by atoms with van der Waals surface area (Å²) in [4.78, 5) is 25.0. The SMILES string of the molecule is CCOc1cc2[nH]ncc2cc1Nc1ncnc2sc3c(c12)CCC(OC(=O)N(C)CC)C3. The summed E-state index contributed by atoms with van der Waals surface area (Å²) in [5.41, 5.74) is 2.98. The molecule has 0 saturated carbocycles. The lowest BCUT2D eigenvalue weighted by Crippen LogP contribution is -2.33. The van der Waals surface area contributed by atoms with Crippen molar-refractivity contribution in [3.05, 3.63) is 35.1 Å². The monoisotopic (exact) mass is 466 g/mol. The number of aromatic nitrogens is 4. The van der Waals surface area contributed by atoms with Crippen molar-refractivity contribution in [2.45, 2.75) is 39.2 Å². The summed E-state index contributed by atoms with van der Waals surface area (Å²) in [6.07, 6.45) is 5.26. The summed E-state index contributed by atoms with van der Waals surface area (Å²) in [6.45, 7) is 5.06. The first-order valence-electron chi connectivity index (χ1n) is 11.1. The highest BCUT2D eigenvalue weighted by atomic mass is 32.1. The Kier molecular flexibility index (Phi) is 5.76. The number of hydrogen-bond donors (Lipinski definition) is 2. The van der Waals surface area contributed by atoms with Gasteiger partial charge in [0.1, 0.15) is 28.8 Å². The Morgan fingerprint density at radius 3 is 3.03 bits per heavy atom. The number of nitrogens with zero attached hydrogens (tertiary/aromatic N) is 4. The Morgan fingerprint density at radius 1 is 1.33 bits per heavy atom. The van der Waals surface area contributed by atoms with Crippen LogP contribution < -0.4 is 10.1 Å². The molecule has 9 nitrogen and oxygen atoms in total. The Bertz CT molecular complexity index is 1320. The summed E-state index contributed by atoms with van der Waals surface area (Å²) in [6, 6.07) is 3.96. The second-order valence-corrected chi connectivity index (χ2v) is 9.12. The fraction of sp³-hybridized carbons (Fsp3) is 0.391. The van der Waals surface area contributed by atoms with Gasteiger partial charge < -0.3 is 19.7 Å². The minimum atomic E-state index is -0.271. The van der Waals surface area contributed by atoms with Crippen LogP contribution in [-0.2, 0) is 17.6 Å². The second-order valence-electron chi connectivity index (χ2n) is 8.03. The minimum absolute atomic E-state index is 0.121. The van der Waals surface area contributed by atoms with Crippen LogP contribution in [-0.4, -0.2) is 57.5 Å². The number of benzene rings is 1. The van der Waals surface area contributed by atoms with Gasteiger partial charge in [-0.2, -0.15) is 5.10 Å². The van der Waals surface area contributed by atoms with Gasteiger partial charge in [-0.05, 0) is 38.3 Å². The number of anilines is 2. The van der Waals surface area contributed by atoms with E-state index in [1.165, 1.54) is 10.4 Å². The van der Waals surface area contributed by atoms with Gasteiger partial charge in [-0.3, -0.25) is 5.10 Å². The number of hydrogen-bond acceptors (Lipinski definition) is 8. The molecule has 3 heterocycles. The van der Waals surface area contributed by atoms with E-state index in [1.54, 1.807) is 35.8 Å². The Morgan fingerprint density at radius 2 is 2.21 bits per heavy atom. The van der Waals surface area contributed by atoms with E-state index in [4.69, 9.17) is 9.47 Å². The van der Waals surface area contributed by atoms with Gasteiger partial charge in [0.25, 0.3) is 0 Å². The first-order valence-corrected chi connectivity index (χ1v) is 11.9. The van der Waals surface area contributed by atoms with Crippen LogP contribution in [0.15, 0.2) is 24.7 Å². The molecular formula is C23H26N6O3S. The van der Waals surface area contributed by atoms with Crippen molar-refractivity contribution in [1.29, 1.82) is 0 Å². The maximum absolute atomic E-state index is 12.2. The fourth-order valence-electron chi connectivity index (χ4n) is 4.11. The van der Waals surface area contributed by atoms with E-state index in [-0.39, 0.29) is 12.2 Å². The van der Waals surface area contributed by atoms with E-state index in [9.17, 15) is 4.79 Å². The Hall–Kier alpha value is -3.40. The summed E-state index contributed by atoms with van der Waals surface area (Å²) >= 11 is 1.65. The van der Waals surface area contributed by atoms with E-state index >= 15 is 0 Å². The van der Waals surface area contributed by atoms with Crippen LogP contribution in [0, 0.1) is 0 Å². The van der Waals surface area contributed by atoms with Crippen LogP contribution >= 0.6 is 11.3 Å². The molecule has 5 rings (SSSR count). The number of aromatic amines is 1. The molecule has 1 aromatic carbocycles. The van der Waals surface area contributed by atoms with Gasteiger partial charge >= 0.3 is 6.09 Å². The Labute approximate surface area is 195 Å². The highest BCUT2D eigenvalue weighted by Crippen LogP contribution is 2.41. The molecule has 0 radical (unpaired) electrons. The van der Waals surface area contributed by atoms with Crippen molar-refractivity contribution in [2.75, 3.05) is 25.5 Å². The maximum Gasteiger partial charge on any atom is 0.409 e. The van der Waals surface area contributed by atoms with Gasteiger partial charge in [-0.25, -0.2) is 14.8 Å². The van der Waals surface area contributed by atoms with Gasteiger partial charge in [0, 0.05) is 36.3 Å². The molecule has 1 unspecified atom stereocenters. The van der Waals surface area contributed by atoms with Gasteiger partial charge in [0.15, 0.2) is 0 Å². The largest absolute Gasteiger partial charge is 0.492 e. The zero-order chi connectivity index (χ0) is 22.9. The number of fused-ring (bicyclic) bond motifs is 4. The van der Waals surface area contributed by atoms with Crippen molar-refractivity contribution < 1.29 is 14.3 Å². The third-order valence-electron chi connectivity index (χ3n) is 5.95.